The second-order valence-corrected chi connectivity index (χ2v) is 7.69. The number of rotatable bonds is 5. The molecule has 0 saturated carbocycles. The fraction of sp³-hybridized carbons (Fsp3) is 0.391. The van der Waals surface area contributed by atoms with E-state index in [0.29, 0.717) is 18.8 Å². The molecule has 1 atom stereocenters. The molecule has 0 spiro atoms. The van der Waals surface area contributed by atoms with E-state index in [1.54, 1.807) is 6.20 Å². The molecule has 0 unspecified atom stereocenters. The van der Waals surface area contributed by atoms with Gasteiger partial charge in [-0.05, 0) is 56.0 Å². The molecule has 146 valence electrons. The van der Waals surface area contributed by atoms with E-state index in [0.717, 1.165) is 36.0 Å². The number of ether oxygens (including phenoxy) is 1. The maximum Gasteiger partial charge on any atom is 0.270 e. The summed E-state index contributed by atoms with van der Waals surface area (Å²) in [4.78, 5) is 19.9. The highest BCUT2D eigenvalue weighted by Gasteiger charge is 2.26. The molecule has 0 aliphatic carbocycles. The molecule has 3 heterocycles. The lowest BCUT2D eigenvalue weighted by Gasteiger charge is -2.25. The first kappa shape index (κ1) is 18.7. The topological polar surface area (TPSA) is 47.4 Å². The van der Waals surface area contributed by atoms with Gasteiger partial charge >= 0.3 is 0 Å². The lowest BCUT2D eigenvalue weighted by molar-refractivity contribution is 0.0497. The Hall–Kier alpha value is -2.66. The molecule has 4 rings (SSSR count). The molecule has 1 amide bonds. The number of hydrogen-bond donors (Lipinski definition) is 0. The van der Waals surface area contributed by atoms with Gasteiger partial charge in [0.05, 0.1) is 23.9 Å². The molecule has 5 heteroatoms. The summed E-state index contributed by atoms with van der Waals surface area (Å²) in [5, 5.41) is 1.14. The summed E-state index contributed by atoms with van der Waals surface area (Å²) in [5.74, 6) is 0.0265. The first-order valence-electron chi connectivity index (χ1n) is 9.91. The number of nitrogens with zero attached hydrogens (tertiary/aromatic N) is 3. The van der Waals surface area contributed by atoms with E-state index >= 15 is 0 Å². The zero-order valence-corrected chi connectivity index (χ0v) is 16.8. The van der Waals surface area contributed by atoms with Crippen LogP contribution in [0.15, 0.2) is 42.6 Å². The Bertz CT molecular complexity index is 988. The number of aryl methyl sites for hydroxylation is 3. The molecule has 3 aromatic rings. The number of benzene rings is 1. The average molecular weight is 377 g/mol. The number of amides is 1. The third-order valence-corrected chi connectivity index (χ3v) is 5.65. The van der Waals surface area contributed by atoms with Gasteiger partial charge in [0.1, 0.15) is 5.69 Å². The molecule has 2 aromatic heterocycles. The summed E-state index contributed by atoms with van der Waals surface area (Å²) < 4.78 is 7.84. The molecule has 0 bridgehead atoms. The van der Waals surface area contributed by atoms with Gasteiger partial charge in [-0.2, -0.15) is 0 Å². The van der Waals surface area contributed by atoms with E-state index in [9.17, 15) is 4.79 Å². The van der Waals surface area contributed by atoms with Crippen LogP contribution in [0.1, 0.15) is 40.2 Å². The Kier molecular flexibility index (Phi) is 5.18. The van der Waals surface area contributed by atoms with E-state index in [-0.39, 0.29) is 12.0 Å². The molecule has 1 aromatic carbocycles. The molecule has 5 nitrogen and oxygen atoms in total. The number of carbonyl (C=O) groups excluding carboxylic acids is 1. The molecule has 0 radical (unpaired) electrons. The Morgan fingerprint density at radius 1 is 1.25 bits per heavy atom. The monoisotopic (exact) mass is 377 g/mol. The van der Waals surface area contributed by atoms with Crippen LogP contribution in [0, 0.1) is 13.8 Å². The first-order chi connectivity index (χ1) is 13.5. The first-order valence-corrected chi connectivity index (χ1v) is 9.91. The Labute approximate surface area is 165 Å². The highest BCUT2D eigenvalue weighted by molar-refractivity contribution is 6.00. The fourth-order valence-corrected chi connectivity index (χ4v) is 4.11. The summed E-state index contributed by atoms with van der Waals surface area (Å²) in [6.45, 7) is 6.04. The maximum absolute atomic E-state index is 13.6. The zero-order valence-electron chi connectivity index (χ0n) is 16.8. The molecule has 1 aliphatic heterocycles. The Balaban J connectivity index is 1.70. The smallest absolute Gasteiger partial charge is 0.270 e. The predicted octanol–water partition coefficient (Wildman–Crippen LogP) is 4.01. The minimum Gasteiger partial charge on any atom is -0.376 e. The Morgan fingerprint density at radius 3 is 2.75 bits per heavy atom. The van der Waals surface area contributed by atoms with Crippen LogP contribution in [-0.2, 0) is 18.3 Å². The summed E-state index contributed by atoms with van der Waals surface area (Å²) in [7, 11) is 1.98. The van der Waals surface area contributed by atoms with Crippen LogP contribution in [0.25, 0.3) is 10.9 Å². The molecule has 28 heavy (non-hydrogen) atoms. The molecular formula is C23H27N3O2. The van der Waals surface area contributed by atoms with Crippen molar-refractivity contribution in [1.82, 2.24) is 14.5 Å². The minimum atomic E-state index is 0.0265. The van der Waals surface area contributed by atoms with Crippen LogP contribution < -0.4 is 0 Å². The number of fused-ring (bicyclic) bond motifs is 1. The van der Waals surface area contributed by atoms with Crippen molar-refractivity contribution in [2.75, 3.05) is 13.2 Å². The van der Waals surface area contributed by atoms with Crippen LogP contribution >= 0.6 is 0 Å². The number of hydrogen-bond acceptors (Lipinski definition) is 3. The molecular weight excluding hydrogens is 350 g/mol. The minimum absolute atomic E-state index is 0.0265. The van der Waals surface area contributed by atoms with Gasteiger partial charge in [-0.25, -0.2) is 0 Å². The van der Waals surface area contributed by atoms with E-state index in [1.165, 1.54) is 11.1 Å². The van der Waals surface area contributed by atoms with Crippen LogP contribution in [0.2, 0.25) is 0 Å². The largest absolute Gasteiger partial charge is 0.376 e. The SMILES string of the molecule is Cc1ccc(C)c2c1cc(C(=O)N(Cc1ccccn1)C[C@@H]1CCCO1)n2C. The molecule has 0 N–H and O–H groups in total. The average Bonchev–Trinajstić information content (AvgIpc) is 3.33. The molecule has 1 fully saturated rings. The standard InChI is InChI=1S/C23H27N3O2/c1-16-9-10-17(2)22-20(16)13-21(25(22)3)23(27)26(15-19-8-6-12-28-19)14-18-7-4-5-11-24-18/h4-5,7,9-11,13,19H,6,8,12,14-15H2,1-3H3/t19-/m0/s1. The normalized spacial score (nSPS) is 16.6. The third-order valence-electron chi connectivity index (χ3n) is 5.65. The van der Waals surface area contributed by atoms with Crippen molar-refractivity contribution in [2.45, 2.75) is 39.3 Å². The maximum atomic E-state index is 13.6. The van der Waals surface area contributed by atoms with Crippen molar-refractivity contribution < 1.29 is 9.53 Å². The van der Waals surface area contributed by atoms with Crippen molar-refractivity contribution in [3.05, 3.63) is 65.1 Å². The summed E-state index contributed by atoms with van der Waals surface area (Å²) in [5.41, 5.74) is 5.09. The van der Waals surface area contributed by atoms with Gasteiger partial charge < -0.3 is 14.2 Å². The van der Waals surface area contributed by atoms with Gasteiger partial charge in [-0.15, -0.1) is 0 Å². The number of pyridine rings is 1. The summed E-state index contributed by atoms with van der Waals surface area (Å²) >= 11 is 0. The fourth-order valence-electron chi connectivity index (χ4n) is 4.11. The zero-order chi connectivity index (χ0) is 19.7. The second-order valence-electron chi connectivity index (χ2n) is 7.69. The van der Waals surface area contributed by atoms with Crippen molar-refractivity contribution in [3.8, 4) is 0 Å². The van der Waals surface area contributed by atoms with Gasteiger partial charge in [0.15, 0.2) is 0 Å². The van der Waals surface area contributed by atoms with Gasteiger partial charge in [-0.1, -0.05) is 18.2 Å². The second kappa shape index (κ2) is 7.76. The molecule has 1 aliphatic rings. The van der Waals surface area contributed by atoms with Gasteiger partial charge in [0, 0.05) is 31.8 Å². The Morgan fingerprint density at radius 2 is 2.07 bits per heavy atom. The van der Waals surface area contributed by atoms with E-state index in [4.69, 9.17) is 4.74 Å². The van der Waals surface area contributed by atoms with Gasteiger partial charge in [-0.3, -0.25) is 9.78 Å². The van der Waals surface area contributed by atoms with Crippen molar-refractivity contribution in [3.63, 3.8) is 0 Å². The van der Waals surface area contributed by atoms with E-state index in [2.05, 4.69) is 31.0 Å². The third kappa shape index (κ3) is 3.54. The van der Waals surface area contributed by atoms with Crippen LogP contribution in [0.3, 0.4) is 0 Å². The lowest BCUT2D eigenvalue weighted by atomic mass is 10.1. The van der Waals surface area contributed by atoms with E-state index in [1.807, 2.05) is 40.8 Å². The van der Waals surface area contributed by atoms with E-state index < -0.39 is 0 Å². The van der Waals surface area contributed by atoms with Crippen molar-refractivity contribution in [2.24, 2.45) is 7.05 Å². The highest BCUT2D eigenvalue weighted by atomic mass is 16.5. The van der Waals surface area contributed by atoms with Crippen LogP contribution in [0.4, 0.5) is 0 Å². The highest BCUT2D eigenvalue weighted by Crippen LogP contribution is 2.27. The number of aromatic nitrogens is 2. The van der Waals surface area contributed by atoms with Crippen LogP contribution in [0.5, 0.6) is 0 Å². The van der Waals surface area contributed by atoms with Crippen LogP contribution in [-0.4, -0.2) is 39.6 Å². The number of carbonyl (C=O) groups is 1. The lowest BCUT2D eigenvalue weighted by Crippen LogP contribution is -2.38. The van der Waals surface area contributed by atoms with Gasteiger partial charge in [0.25, 0.3) is 5.91 Å². The quantitative estimate of drug-likeness (QED) is 0.675. The predicted molar refractivity (Wildman–Crippen MR) is 110 cm³/mol. The van der Waals surface area contributed by atoms with Crippen molar-refractivity contribution in [1.29, 1.82) is 0 Å². The molecule has 1 saturated heterocycles. The van der Waals surface area contributed by atoms with Crippen molar-refractivity contribution >= 4 is 16.8 Å². The summed E-state index contributed by atoms with van der Waals surface area (Å²) in [6, 6.07) is 12.1. The summed E-state index contributed by atoms with van der Waals surface area (Å²) in [6.07, 6.45) is 3.93. The van der Waals surface area contributed by atoms with Gasteiger partial charge in [0.2, 0.25) is 0 Å².